The van der Waals surface area contributed by atoms with Gasteiger partial charge in [0.1, 0.15) is 0 Å². The summed E-state index contributed by atoms with van der Waals surface area (Å²) in [5, 5.41) is 2.91. The Bertz CT molecular complexity index is 339. The molecule has 2 nitrogen and oxygen atoms in total. The van der Waals surface area contributed by atoms with Gasteiger partial charge in [-0.3, -0.25) is 0 Å². The van der Waals surface area contributed by atoms with E-state index in [0.29, 0.717) is 16.4 Å². The monoisotopic (exact) mass is 238 g/mol. The molecular formula is C9H10ClF3N2. The van der Waals surface area contributed by atoms with Crippen molar-refractivity contribution in [2.45, 2.75) is 12.6 Å². The Morgan fingerprint density at radius 3 is 2.53 bits per heavy atom. The minimum atomic E-state index is -4.16. The topological polar surface area (TPSA) is 38.0 Å². The number of nitrogens with two attached hydrogens (primary N) is 1. The molecule has 3 N–H and O–H groups in total. The highest BCUT2D eigenvalue weighted by molar-refractivity contribution is 6.33. The first-order chi connectivity index (χ1) is 6.88. The smallest absolute Gasteiger partial charge is 0.390 e. The van der Waals surface area contributed by atoms with Gasteiger partial charge in [-0.2, -0.15) is 13.2 Å². The summed E-state index contributed by atoms with van der Waals surface area (Å²) in [4.78, 5) is 0. The molecule has 0 unspecified atom stereocenters. The standard InChI is InChI=1S/C9H10ClF3N2/c10-7-5-6(14)1-2-8(7)15-4-3-9(11,12)13/h1-2,5,15H,3-4,14H2. The maximum Gasteiger partial charge on any atom is 0.390 e. The first-order valence-corrected chi connectivity index (χ1v) is 4.62. The Balaban J connectivity index is 2.51. The van der Waals surface area contributed by atoms with E-state index in [-0.39, 0.29) is 6.54 Å². The Morgan fingerprint density at radius 2 is 2.00 bits per heavy atom. The predicted molar refractivity (Wildman–Crippen MR) is 55.0 cm³/mol. The van der Waals surface area contributed by atoms with Gasteiger partial charge >= 0.3 is 6.18 Å². The second-order valence-electron chi connectivity index (χ2n) is 3.03. The Hall–Kier alpha value is -1.10. The maximum atomic E-state index is 11.8. The van der Waals surface area contributed by atoms with Crippen LogP contribution in [-0.2, 0) is 0 Å². The van der Waals surface area contributed by atoms with Crippen LogP contribution in [0.25, 0.3) is 0 Å². The van der Waals surface area contributed by atoms with E-state index < -0.39 is 12.6 Å². The van der Waals surface area contributed by atoms with Gasteiger partial charge < -0.3 is 11.1 Å². The molecule has 0 fully saturated rings. The van der Waals surface area contributed by atoms with Gasteiger partial charge in [-0.1, -0.05) is 11.6 Å². The molecule has 0 saturated carbocycles. The van der Waals surface area contributed by atoms with Gasteiger partial charge in [0.25, 0.3) is 0 Å². The van der Waals surface area contributed by atoms with Crippen LogP contribution in [0, 0.1) is 0 Å². The molecule has 1 aromatic rings. The molecule has 1 aromatic carbocycles. The highest BCUT2D eigenvalue weighted by atomic mass is 35.5. The normalized spacial score (nSPS) is 11.5. The molecule has 0 bridgehead atoms. The highest BCUT2D eigenvalue weighted by Gasteiger charge is 2.26. The average molecular weight is 239 g/mol. The number of rotatable bonds is 3. The van der Waals surface area contributed by atoms with Crippen molar-refractivity contribution in [3.05, 3.63) is 23.2 Å². The fraction of sp³-hybridized carbons (Fsp3) is 0.333. The summed E-state index contributed by atoms with van der Waals surface area (Å²) >= 11 is 5.76. The van der Waals surface area contributed by atoms with E-state index >= 15 is 0 Å². The van der Waals surface area contributed by atoms with Gasteiger partial charge in [-0.15, -0.1) is 0 Å². The van der Waals surface area contributed by atoms with Crippen LogP contribution in [0.4, 0.5) is 24.5 Å². The molecule has 1 rings (SSSR count). The average Bonchev–Trinajstić information content (AvgIpc) is 2.07. The van der Waals surface area contributed by atoms with Crippen molar-refractivity contribution in [2.75, 3.05) is 17.6 Å². The zero-order valence-electron chi connectivity index (χ0n) is 7.74. The van der Waals surface area contributed by atoms with Crippen molar-refractivity contribution < 1.29 is 13.2 Å². The number of nitrogens with one attached hydrogen (secondary N) is 1. The second kappa shape index (κ2) is 4.61. The van der Waals surface area contributed by atoms with E-state index in [1.54, 1.807) is 12.1 Å². The fourth-order valence-electron chi connectivity index (χ4n) is 1.01. The summed E-state index contributed by atoms with van der Waals surface area (Å²) in [6, 6.07) is 4.60. The van der Waals surface area contributed by atoms with Crippen molar-refractivity contribution in [3.8, 4) is 0 Å². The molecule has 0 saturated heterocycles. The van der Waals surface area contributed by atoms with Gasteiger partial charge in [0, 0.05) is 12.2 Å². The molecule has 6 heteroatoms. The maximum absolute atomic E-state index is 11.8. The third-order valence-electron chi connectivity index (χ3n) is 1.72. The molecule has 0 aliphatic heterocycles. The molecule has 15 heavy (non-hydrogen) atoms. The van der Waals surface area contributed by atoms with Gasteiger partial charge in [-0.25, -0.2) is 0 Å². The van der Waals surface area contributed by atoms with Crippen molar-refractivity contribution in [3.63, 3.8) is 0 Å². The number of nitrogen functional groups attached to an aromatic ring is 1. The van der Waals surface area contributed by atoms with Crippen molar-refractivity contribution in [2.24, 2.45) is 0 Å². The van der Waals surface area contributed by atoms with Crippen LogP contribution in [0.15, 0.2) is 18.2 Å². The molecule has 0 spiro atoms. The molecule has 0 heterocycles. The van der Waals surface area contributed by atoms with Crippen LogP contribution in [0.5, 0.6) is 0 Å². The Morgan fingerprint density at radius 1 is 1.33 bits per heavy atom. The summed E-state index contributed by atoms with van der Waals surface area (Å²) in [6.07, 6.45) is -5.05. The van der Waals surface area contributed by atoms with E-state index in [2.05, 4.69) is 5.32 Å². The lowest BCUT2D eigenvalue weighted by Crippen LogP contribution is -2.14. The van der Waals surface area contributed by atoms with E-state index in [0.717, 1.165) is 0 Å². The quantitative estimate of drug-likeness (QED) is 0.793. The third-order valence-corrected chi connectivity index (χ3v) is 2.03. The van der Waals surface area contributed by atoms with Gasteiger partial charge in [0.2, 0.25) is 0 Å². The lowest BCUT2D eigenvalue weighted by atomic mass is 10.3. The zero-order chi connectivity index (χ0) is 11.5. The van der Waals surface area contributed by atoms with E-state index in [9.17, 15) is 13.2 Å². The van der Waals surface area contributed by atoms with E-state index in [1.165, 1.54) is 6.07 Å². The molecule has 0 aromatic heterocycles. The van der Waals surface area contributed by atoms with Crippen molar-refractivity contribution in [1.29, 1.82) is 0 Å². The van der Waals surface area contributed by atoms with E-state index in [4.69, 9.17) is 17.3 Å². The number of hydrogen-bond acceptors (Lipinski definition) is 2. The zero-order valence-corrected chi connectivity index (χ0v) is 8.49. The summed E-state index contributed by atoms with van der Waals surface area (Å²) in [6.45, 7) is -0.201. The minimum Gasteiger partial charge on any atom is -0.399 e. The van der Waals surface area contributed by atoms with Gasteiger partial charge in [0.05, 0.1) is 17.1 Å². The summed E-state index contributed by atoms with van der Waals surface area (Å²) in [5.74, 6) is 0. The number of anilines is 2. The number of benzene rings is 1. The van der Waals surface area contributed by atoms with Gasteiger partial charge in [0.15, 0.2) is 0 Å². The number of hydrogen-bond donors (Lipinski definition) is 2. The lowest BCUT2D eigenvalue weighted by molar-refractivity contribution is -0.131. The Labute approximate surface area is 90.2 Å². The minimum absolute atomic E-state index is 0.201. The largest absolute Gasteiger partial charge is 0.399 e. The van der Waals surface area contributed by atoms with Crippen LogP contribution >= 0.6 is 11.6 Å². The fourth-order valence-corrected chi connectivity index (χ4v) is 1.27. The number of halogens is 4. The summed E-state index contributed by atoms with van der Waals surface area (Å²) in [7, 11) is 0. The molecule has 0 amide bonds. The highest BCUT2D eigenvalue weighted by Crippen LogP contribution is 2.25. The van der Waals surface area contributed by atoms with Crippen LogP contribution in [0.3, 0.4) is 0 Å². The Kier molecular flexibility index (Phi) is 3.68. The van der Waals surface area contributed by atoms with Crippen LogP contribution in [0.2, 0.25) is 5.02 Å². The van der Waals surface area contributed by atoms with Gasteiger partial charge in [-0.05, 0) is 18.2 Å². The first-order valence-electron chi connectivity index (χ1n) is 4.24. The third kappa shape index (κ3) is 4.29. The van der Waals surface area contributed by atoms with Crippen LogP contribution in [-0.4, -0.2) is 12.7 Å². The first kappa shape index (κ1) is 12.0. The van der Waals surface area contributed by atoms with Crippen LogP contribution in [0.1, 0.15) is 6.42 Å². The van der Waals surface area contributed by atoms with E-state index in [1.807, 2.05) is 0 Å². The molecule has 84 valence electrons. The second-order valence-corrected chi connectivity index (χ2v) is 3.44. The summed E-state index contributed by atoms with van der Waals surface area (Å²) < 4.78 is 35.5. The summed E-state index contributed by atoms with van der Waals surface area (Å²) in [5.41, 5.74) is 6.36. The molecular weight excluding hydrogens is 229 g/mol. The van der Waals surface area contributed by atoms with Crippen LogP contribution < -0.4 is 11.1 Å². The SMILES string of the molecule is Nc1ccc(NCCC(F)(F)F)c(Cl)c1. The molecule has 0 radical (unpaired) electrons. The lowest BCUT2D eigenvalue weighted by Gasteiger charge is -2.10. The molecule has 0 aliphatic carbocycles. The van der Waals surface area contributed by atoms with Crippen molar-refractivity contribution >= 4 is 23.0 Å². The van der Waals surface area contributed by atoms with Crippen molar-refractivity contribution in [1.82, 2.24) is 0 Å². The molecule has 0 aliphatic rings. The number of alkyl halides is 3. The molecule has 0 atom stereocenters. The predicted octanol–water partition coefficient (Wildman–Crippen LogP) is 3.29.